The van der Waals surface area contributed by atoms with E-state index in [2.05, 4.69) is 60.0 Å². The number of hydrogen-bond acceptors (Lipinski definition) is 2. The van der Waals surface area contributed by atoms with Crippen LogP contribution in [0.4, 0.5) is 5.69 Å². The topological polar surface area (TPSA) is 25.2 Å². The number of furan rings is 1. The number of anilines is 1. The van der Waals surface area contributed by atoms with Crippen molar-refractivity contribution in [3.63, 3.8) is 0 Å². The number of para-hydroxylation sites is 1. The van der Waals surface area contributed by atoms with E-state index in [4.69, 9.17) is 4.42 Å². The molecule has 0 atom stereocenters. The molecule has 2 aromatic carbocycles. The molecule has 1 heterocycles. The molecule has 118 valence electrons. The van der Waals surface area contributed by atoms with Crippen molar-refractivity contribution >= 4 is 27.6 Å². The normalized spacial score (nSPS) is 16.4. The first-order valence-corrected chi connectivity index (χ1v) is 8.22. The Morgan fingerprint density at radius 2 is 1.92 bits per heavy atom. The van der Waals surface area contributed by atoms with Gasteiger partial charge in [-0.15, -0.1) is 0 Å². The van der Waals surface area contributed by atoms with Gasteiger partial charge in [-0.05, 0) is 49.3 Å². The minimum absolute atomic E-state index is 0.919. The van der Waals surface area contributed by atoms with Crippen LogP contribution in [0, 0.1) is 0 Å². The van der Waals surface area contributed by atoms with E-state index < -0.39 is 0 Å². The molecule has 2 heteroatoms. The second kappa shape index (κ2) is 6.25. The second-order valence-electron chi connectivity index (χ2n) is 5.89. The fourth-order valence-corrected chi connectivity index (χ4v) is 3.00. The van der Waals surface area contributed by atoms with Crippen LogP contribution in [-0.2, 0) is 0 Å². The third kappa shape index (κ3) is 2.79. The monoisotopic (exact) mass is 313 g/mol. The van der Waals surface area contributed by atoms with E-state index >= 15 is 0 Å². The number of nitrogens with one attached hydrogen (secondary N) is 1. The summed E-state index contributed by atoms with van der Waals surface area (Å²) in [5.74, 6) is 0. The average molecular weight is 313 g/mol. The zero-order valence-electron chi connectivity index (χ0n) is 13.6. The highest BCUT2D eigenvalue weighted by atomic mass is 16.3. The standard InChI is InChI=1S/C22H19NO/c1-2-17(14-16-8-4-3-5-9-16)23-18-12-13-22-20(15-18)19-10-6-7-11-21(19)24-22/h2-8,10-15,23H,9H2,1H3/b16-14-,17-2+. The van der Waals surface area contributed by atoms with Crippen molar-refractivity contribution in [2.24, 2.45) is 0 Å². The van der Waals surface area contributed by atoms with Gasteiger partial charge in [-0.3, -0.25) is 0 Å². The van der Waals surface area contributed by atoms with Gasteiger partial charge < -0.3 is 9.73 Å². The summed E-state index contributed by atoms with van der Waals surface area (Å²) in [6.45, 7) is 2.05. The Morgan fingerprint density at radius 3 is 2.75 bits per heavy atom. The van der Waals surface area contributed by atoms with Crippen molar-refractivity contribution < 1.29 is 4.42 Å². The second-order valence-corrected chi connectivity index (χ2v) is 5.89. The predicted octanol–water partition coefficient (Wildman–Crippen LogP) is 6.34. The van der Waals surface area contributed by atoms with Crippen LogP contribution in [0.1, 0.15) is 13.3 Å². The van der Waals surface area contributed by atoms with Crippen molar-refractivity contribution in [3.8, 4) is 0 Å². The van der Waals surface area contributed by atoms with Crippen molar-refractivity contribution in [1.29, 1.82) is 0 Å². The summed E-state index contributed by atoms with van der Waals surface area (Å²) in [6.07, 6.45) is 13.7. The lowest BCUT2D eigenvalue weighted by Crippen LogP contribution is -1.97. The highest BCUT2D eigenvalue weighted by Crippen LogP contribution is 2.31. The molecule has 0 aliphatic heterocycles. The van der Waals surface area contributed by atoms with Crippen molar-refractivity contribution in [3.05, 3.63) is 90.2 Å². The zero-order chi connectivity index (χ0) is 16.4. The minimum atomic E-state index is 0.919. The lowest BCUT2D eigenvalue weighted by atomic mass is 10.1. The van der Waals surface area contributed by atoms with Gasteiger partial charge in [-0.25, -0.2) is 0 Å². The Hall–Kier alpha value is -3.00. The number of fused-ring (bicyclic) bond motifs is 3. The molecule has 1 aromatic heterocycles. The van der Waals surface area contributed by atoms with E-state index in [-0.39, 0.29) is 0 Å². The maximum atomic E-state index is 5.89. The van der Waals surface area contributed by atoms with Crippen LogP contribution >= 0.6 is 0 Å². The van der Waals surface area contributed by atoms with Gasteiger partial charge in [0.2, 0.25) is 0 Å². The summed E-state index contributed by atoms with van der Waals surface area (Å²) in [6, 6.07) is 14.4. The Labute approximate surface area is 141 Å². The quantitative estimate of drug-likeness (QED) is 0.610. The Morgan fingerprint density at radius 1 is 1.04 bits per heavy atom. The van der Waals surface area contributed by atoms with Crippen LogP contribution < -0.4 is 5.32 Å². The summed E-state index contributed by atoms with van der Waals surface area (Å²) in [5, 5.41) is 5.80. The van der Waals surface area contributed by atoms with Crippen LogP contribution in [0.2, 0.25) is 0 Å². The molecule has 3 aromatic rings. The van der Waals surface area contributed by atoms with Crippen molar-refractivity contribution in [1.82, 2.24) is 0 Å². The maximum Gasteiger partial charge on any atom is 0.135 e. The van der Waals surface area contributed by atoms with Gasteiger partial charge in [-0.2, -0.15) is 0 Å². The molecule has 0 saturated carbocycles. The smallest absolute Gasteiger partial charge is 0.135 e. The predicted molar refractivity (Wildman–Crippen MR) is 102 cm³/mol. The van der Waals surface area contributed by atoms with Crippen molar-refractivity contribution in [2.75, 3.05) is 5.32 Å². The minimum Gasteiger partial charge on any atom is -0.456 e. The highest BCUT2D eigenvalue weighted by molar-refractivity contribution is 6.05. The lowest BCUT2D eigenvalue weighted by molar-refractivity contribution is 0.669. The van der Waals surface area contributed by atoms with Crippen LogP contribution in [-0.4, -0.2) is 0 Å². The van der Waals surface area contributed by atoms with Gasteiger partial charge in [0.1, 0.15) is 11.2 Å². The van der Waals surface area contributed by atoms with Crippen molar-refractivity contribution in [2.45, 2.75) is 13.3 Å². The molecule has 1 N–H and O–H groups in total. The summed E-state index contributed by atoms with van der Waals surface area (Å²) >= 11 is 0. The molecule has 0 radical (unpaired) electrons. The lowest BCUT2D eigenvalue weighted by Gasteiger charge is -2.09. The largest absolute Gasteiger partial charge is 0.456 e. The highest BCUT2D eigenvalue weighted by Gasteiger charge is 2.07. The fourth-order valence-electron chi connectivity index (χ4n) is 3.00. The van der Waals surface area contributed by atoms with E-state index in [0.29, 0.717) is 0 Å². The van der Waals surface area contributed by atoms with Crippen LogP contribution in [0.3, 0.4) is 0 Å². The summed E-state index contributed by atoms with van der Waals surface area (Å²) in [4.78, 5) is 0. The zero-order valence-corrected chi connectivity index (χ0v) is 13.6. The SMILES string of the molecule is C/C=C(\C=C1\C=CC=CC1)Nc1ccc2oc3ccccc3c2c1. The molecule has 0 fully saturated rings. The van der Waals surface area contributed by atoms with E-state index in [1.165, 1.54) is 5.57 Å². The summed E-state index contributed by atoms with van der Waals surface area (Å²) < 4.78 is 5.89. The van der Waals surface area contributed by atoms with E-state index in [1.54, 1.807) is 0 Å². The van der Waals surface area contributed by atoms with Gasteiger partial charge >= 0.3 is 0 Å². The molecule has 2 nitrogen and oxygen atoms in total. The molecule has 0 unspecified atom stereocenters. The number of hydrogen-bond donors (Lipinski definition) is 1. The van der Waals surface area contributed by atoms with E-state index in [0.717, 1.165) is 39.7 Å². The fraction of sp³-hybridized carbons (Fsp3) is 0.0909. The molecule has 4 rings (SSSR count). The molecule has 1 aliphatic rings. The number of benzene rings is 2. The molecular formula is C22H19NO. The Kier molecular flexibility index (Phi) is 3.80. The van der Waals surface area contributed by atoms with E-state index in [1.807, 2.05) is 31.2 Å². The average Bonchev–Trinajstić information content (AvgIpc) is 3.00. The molecule has 1 aliphatic carbocycles. The first kappa shape index (κ1) is 14.6. The van der Waals surface area contributed by atoms with Crippen LogP contribution in [0.5, 0.6) is 0 Å². The van der Waals surface area contributed by atoms with Gasteiger partial charge in [-0.1, -0.05) is 48.6 Å². The Bertz CT molecular complexity index is 1010. The summed E-state index contributed by atoms with van der Waals surface area (Å²) in [5.41, 5.74) is 5.30. The van der Waals surface area contributed by atoms with E-state index in [9.17, 15) is 0 Å². The molecule has 0 spiro atoms. The third-order valence-corrected chi connectivity index (χ3v) is 4.23. The summed E-state index contributed by atoms with van der Waals surface area (Å²) in [7, 11) is 0. The first-order chi connectivity index (χ1) is 11.8. The molecular weight excluding hydrogens is 294 g/mol. The number of allylic oxidation sites excluding steroid dienone is 7. The van der Waals surface area contributed by atoms with Gasteiger partial charge in [0.05, 0.1) is 0 Å². The van der Waals surface area contributed by atoms with Crippen LogP contribution in [0.15, 0.2) is 94.6 Å². The molecule has 0 bridgehead atoms. The third-order valence-electron chi connectivity index (χ3n) is 4.23. The van der Waals surface area contributed by atoms with Crippen LogP contribution in [0.25, 0.3) is 21.9 Å². The molecule has 0 amide bonds. The van der Waals surface area contributed by atoms with Gasteiger partial charge in [0.25, 0.3) is 0 Å². The van der Waals surface area contributed by atoms with Gasteiger partial charge in [0, 0.05) is 22.2 Å². The Balaban J connectivity index is 1.67. The van der Waals surface area contributed by atoms with Gasteiger partial charge in [0.15, 0.2) is 0 Å². The maximum absolute atomic E-state index is 5.89. The first-order valence-electron chi connectivity index (χ1n) is 8.22. The number of rotatable bonds is 3. The molecule has 0 saturated heterocycles. The molecule has 24 heavy (non-hydrogen) atoms.